The van der Waals surface area contributed by atoms with Crippen LogP contribution in [0.2, 0.25) is 0 Å². The van der Waals surface area contributed by atoms with Gasteiger partial charge in [0.05, 0.1) is 6.04 Å². The van der Waals surface area contributed by atoms with E-state index in [1.165, 1.54) is 18.2 Å². The first-order chi connectivity index (χ1) is 7.90. The maximum Gasteiger partial charge on any atom is 0.407 e. The zero-order valence-electron chi connectivity index (χ0n) is 9.73. The highest BCUT2D eigenvalue weighted by molar-refractivity contribution is 5.69. The SMILES string of the molecule is CC1(C)COC(=O)N[C@H]1c1cc(O)ccc1O. The van der Waals surface area contributed by atoms with E-state index in [0.717, 1.165) is 0 Å². The molecule has 17 heavy (non-hydrogen) atoms. The molecule has 1 aliphatic heterocycles. The zero-order valence-corrected chi connectivity index (χ0v) is 9.73. The van der Waals surface area contributed by atoms with Gasteiger partial charge in [0.2, 0.25) is 0 Å². The van der Waals surface area contributed by atoms with Crippen molar-refractivity contribution in [2.45, 2.75) is 19.9 Å². The van der Waals surface area contributed by atoms with Crippen LogP contribution in [0.5, 0.6) is 11.5 Å². The topological polar surface area (TPSA) is 78.8 Å². The third kappa shape index (κ3) is 2.13. The van der Waals surface area contributed by atoms with E-state index in [2.05, 4.69) is 5.32 Å². The number of alkyl carbamates (subject to hydrolysis) is 1. The van der Waals surface area contributed by atoms with E-state index in [9.17, 15) is 15.0 Å². The van der Waals surface area contributed by atoms with Crippen LogP contribution in [0.15, 0.2) is 18.2 Å². The number of phenolic OH excluding ortho intramolecular Hbond substituents is 2. The molecule has 1 fully saturated rings. The fourth-order valence-electron chi connectivity index (χ4n) is 1.96. The van der Waals surface area contributed by atoms with Crippen LogP contribution in [0.25, 0.3) is 0 Å². The lowest BCUT2D eigenvalue weighted by Crippen LogP contribution is -2.46. The summed E-state index contributed by atoms with van der Waals surface area (Å²) in [5.74, 6) is 0.0948. The molecule has 5 heteroatoms. The summed E-state index contributed by atoms with van der Waals surface area (Å²) in [6, 6.07) is 3.86. The van der Waals surface area contributed by atoms with Gasteiger partial charge in [-0.05, 0) is 18.2 Å². The van der Waals surface area contributed by atoms with Gasteiger partial charge in [-0.15, -0.1) is 0 Å². The van der Waals surface area contributed by atoms with Crippen molar-refractivity contribution in [3.05, 3.63) is 23.8 Å². The summed E-state index contributed by atoms with van der Waals surface area (Å²) in [4.78, 5) is 11.3. The van der Waals surface area contributed by atoms with Gasteiger partial charge in [-0.1, -0.05) is 13.8 Å². The summed E-state index contributed by atoms with van der Waals surface area (Å²) in [6.07, 6.45) is -0.517. The molecule has 1 atom stereocenters. The predicted octanol–water partition coefficient (Wildman–Crippen LogP) is 1.90. The van der Waals surface area contributed by atoms with Crippen molar-refractivity contribution in [1.29, 1.82) is 0 Å². The lowest BCUT2D eigenvalue weighted by Gasteiger charge is -2.38. The summed E-state index contributed by atoms with van der Waals surface area (Å²) < 4.78 is 4.92. The fourth-order valence-corrected chi connectivity index (χ4v) is 1.96. The summed E-state index contributed by atoms with van der Waals surface area (Å²) in [5.41, 5.74) is 0.130. The van der Waals surface area contributed by atoms with Crippen molar-refractivity contribution in [2.75, 3.05) is 6.61 Å². The second kappa shape index (κ2) is 3.84. The van der Waals surface area contributed by atoms with E-state index in [-0.39, 0.29) is 23.5 Å². The molecule has 0 bridgehead atoms. The maximum absolute atomic E-state index is 11.3. The lowest BCUT2D eigenvalue weighted by molar-refractivity contribution is 0.0380. The highest BCUT2D eigenvalue weighted by atomic mass is 16.6. The van der Waals surface area contributed by atoms with Crippen LogP contribution >= 0.6 is 0 Å². The van der Waals surface area contributed by atoms with Crippen molar-refractivity contribution in [1.82, 2.24) is 5.32 Å². The Balaban J connectivity index is 2.42. The molecule has 3 N–H and O–H groups in total. The minimum Gasteiger partial charge on any atom is -0.508 e. The molecule has 5 nitrogen and oxygen atoms in total. The molecule has 1 saturated heterocycles. The minimum absolute atomic E-state index is 0.0445. The lowest BCUT2D eigenvalue weighted by atomic mass is 9.80. The number of rotatable bonds is 1. The molecule has 0 unspecified atom stereocenters. The molecule has 0 aromatic heterocycles. The molecule has 1 heterocycles. The minimum atomic E-state index is -0.517. The van der Waals surface area contributed by atoms with Gasteiger partial charge < -0.3 is 20.3 Å². The average molecular weight is 237 g/mol. The van der Waals surface area contributed by atoms with Gasteiger partial charge in [0, 0.05) is 11.0 Å². The number of carbonyl (C=O) groups excluding carboxylic acids is 1. The number of amides is 1. The van der Waals surface area contributed by atoms with Crippen molar-refractivity contribution in [3.63, 3.8) is 0 Å². The number of carbonyl (C=O) groups is 1. The molecule has 0 spiro atoms. The highest BCUT2D eigenvalue weighted by Gasteiger charge is 2.39. The molecular weight excluding hydrogens is 222 g/mol. The number of nitrogens with one attached hydrogen (secondary N) is 1. The van der Waals surface area contributed by atoms with Gasteiger partial charge in [0.15, 0.2) is 0 Å². The van der Waals surface area contributed by atoms with Gasteiger partial charge in [0.25, 0.3) is 0 Å². The van der Waals surface area contributed by atoms with Crippen LogP contribution in [-0.4, -0.2) is 22.9 Å². The molecule has 1 amide bonds. The molecular formula is C12H15NO4. The number of cyclic esters (lactones) is 1. The molecule has 1 aromatic carbocycles. The van der Waals surface area contributed by atoms with Crippen LogP contribution in [0.4, 0.5) is 4.79 Å². The third-order valence-corrected chi connectivity index (χ3v) is 2.94. The van der Waals surface area contributed by atoms with Gasteiger partial charge in [-0.25, -0.2) is 4.79 Å². The van der Waals surface area contributed by atoms with Gasteiger partial charge in [-0.2, -0.15) is 0 Å². The monoisotopic (exact) mass is 237 g/mol. The first kappa shape index (κ1) is 11.6. The number of benzene rings is 1. The smallest absolute Gasteiger partial charge is 0.407 e. The quantitative estimate of drug-likeness (QED) is 0.652. The number of aromatic hydroxyl groups is 2. The Kier molecular flexibility index (Phi) is 2.61. The summed E-state index contributed by atoms with van der Waals surface area (Å²) >= 11 is 0. The van der Waals surface area contributed by atoms with E-state index in [0.29, 0.717) is 5.56 Å². The molecule has 0 saturated carbocycles. The van der Waals surface area contributed by atoms with Crippen molar-refractivity contribution in [3.8, 4) is 11.5 Å². The number of ether oxygens (including phenoxy) is 1. The van der Waals surface area contributed by atoms with E-state index < -0.39 is 12.1 Å². The van der Waals surface area contributed by atoms with Crippen LogP contribution in [0.1, 0.15) is 25.5 Å². The van der Waals surface area contributed by atoms with E-state index >= 15 is 0 Å². The normalized spacial score (nSPS) is 22.7. The fraction of sp³-hybridized carbons (Fsp3) is 0.417. The van der Waals surface area contributed by atoms with E-state index in [4.69, 9.17) is 4.74 Å². The number of phenols is 2. The summed E-state index contributed by atoms with van der Waals surface area (Å²) in [6.45, 7) is 4.10. The number of hydrogen-bond donors (Lipinski definition) is 3. The summed E-state index contributed by atoms with van der Waals surface area (Å²) in [5, 5.41) is 21.9. The van der Waals surface area contributed by atoms with Gasteiger partial charge in [-0.3, -0.25) is 0 Å². The Morgan fingerprint density at radius 2 is 2.12 bits per heavy atom. The molecule has 0 radical (unpaired) electrons. The predicted molar refractivity (Wildman–Crippen MR) is 60.8 cm³/mol. The molecule has 0 aliphatic carbocycles. The average Bonchev–Trinajstić information content (AvgIpc) is 2.26. The van der Waals surface area contributed by atoms with Crippen LogP contribution in [-0.2, 0) is 4.74 Å². The Morgan fingerprint density at radius 1 is 1.41 bits per heavy atom. The highest BCUT2D eigenvalue weighted by Crippen LogP contribution is 2.40. The molecule has 1 aromatic rings. The second-order valence-electron chi connectivity index (χ2n) is 4.89. The molecule has 92 valence electrons. The van der Waals surface area contributed by atoms with Crippen LogP contribution < -0.4 is 5.32 Å². The first-order valence-electron chi connectivity index (χ1n) is 5.35. The van der Waals surface area contributed by atoms with Gasteiger partial charge >= 0.3 is 6.09 Å². The Morgan fingerprint density at radius 3 is 2.82 bits per heavy atom. The van der Waals surface area contributed by atoms with Crippen LogP contribution in [0, 0.1) is 5.41 Å². The van der Waals surface area contributed by atoms with Crippen molar-refractivity contribution in [2.24, 2.45) is 5.41 Å². The van der Waals surface area contributed by atoms with E-state index in [1.807, 2.05) is 13.8 Å². The Labute approximate surface area is 99.0 Å². The molecule has 1 aliphatic rings. The van der Waals surface area contributed by atoms with Crippen molar-refractivity contribution < 1.29 is 19.7 Å². The molecule has 2 rings (SSSR count). The van der Waals surface area contributed by atoms with Gasteiger partial charge in [0.1, 0.15) is 18.1 Å². The standard InChI is InChI=1S/C12H15NO4/c1-12(2)6-17-11(16)13-10(12)8-5-7(14)3-4-9(8)15/h3-5,10,14-15H,6H2,1-2H3,(H,13,16)/t10-/m0/s1. The third-order valence-electron chi connectivity index (χ3n) is 2.94. The summed E-state index contributed by atoms with van der Waals surface area (Å²) in [7, 11) is 0. The van der Waals surface area contributed by atoms with Crippen LogP contribution in [0.3, 0.4) is 0 Å². The second-order valence-corrected chi connectivity index (χ2v) is 4.89. The number of hydrogen-bond acceptors (Lipinski definition) is 4. The Hall–Kier alpha value is -1.91. The van der Waals surface area contributed by atoms with Crippen molar-refractivity contribution >= 4 is 6.09 Å². The zero-order chi connectivity index (χ0) is 12.6. The Bertz CT molecular complexity index is 456. The van der Waals surface area contributed by atoms with E-state index in [1.54, 1.807) is 0 Å². The largest absolute Gasteiger partial charge is 0.508 e. The maximum atomic E-state index is 11.3. The first-order valence-corrected chi connectivity index (χ1v) is 5.35.